The Morgan fingerprint density at radius 2 is 1.03 bits per heavy atom. The van der Waals surface area contributed by atoms with Crippen LogP contribution in [0.25, 0.3) is 0 Å². The highest BCUT2D eigenvalue weighted by atomic mass is 32.1. The molecule has 0 bridgehead atoms. The van der Waals surface area contributed by atoms with Crippen molar-refractivity contribution in [1.29, 1.82) is 0 Å². The third kappa shape index (κ3) is 33.5. The molecule has 0 saturated carbocycles. The lowest BCUT2D eigenvalue weighted by atomic mass is 9.99. The largest absolute Gasteiger partial charge is 0.508 e. The van der Waals surface area contributed by atoms with E-state index in [1.165, 1.54) is 36.8 Å². The quantitative estimate of drug-likeness (QED) is 0.0185. The SMILES string of the molecule is CC(C)C[C@H](NC(=O)[C@H](CC(N)=O)NC(=O)[C@H](CS)NC(=O)[C@H](CCCCN)NC(=O)CNC(=O)[C@H](CC(=O)O)NC(=O)[C@H](CO)NC(=O)[C@@H]1CCCN1C(=O)[C@H](Cc1cnc[nH]1)NC(=O)[C@H](CS)NC(=O)CNC(=O)[C@@H](NC(=O)[C@H](CC(C)C)NC(=O)[C@@H](N)Cc1ccccc1)C(C)C)C(=O)N[C@@H](Cc1ccc(O)cc1)C(=O)O. The van der Waals surface area contributed by atoms with Gasteiger partial charge in [-0.25, -0.2) is 9.78 Å². The number of hydrogen-bond acceptors (Lipinski definition) is 24. The Labute approximate surface area is 674 Å². The summed E-state index contributed by atoms with van der Waals surface area (Å²) >= 11 is 8.43. The number of nitrogens with two attached hydrogens (primary N) is 3. The van der Waals surface area contributed by atoms with Gasteiger partial charge in [0.05, 0.1) is 44.9 Å². The number of rotatable bonds is 50. The van der Waals surface area contributed by atoms with Crippen molar-refractivity contribution in [3.05, 3.63) is 83.9 Å². The van der Waals surface area contributed by atoms with Gasteiger partial charge < -0.3 is 117 Å². The summed E-state index contributed by atoms with van der Waals surface area (Å²) in [6.07, 6.45) is 1.11. The van der Waals surface area contributed by atoms with Crippen molar-refractivity contribution in [3.63, 3.8) is 0 Å². The number of nitrogens with one attached hydrogen (secondary N) is 14. The fourth-order valence-corrected chi connectivity index (χ4v) is 12.4. The average molecular weight is 1650 g/mol. The summed E-state index contributed by atoms with van der Waals surface area (Å²) < 4.78 is 0. The van der Waals surface area contributed by atoms with Crippen LogP contribution in [-0.2, 0) is 101 Å². The Bertz CT molecular complexity index is 3820. The summed E-state index contributed by atoms with van der Waals surface area (Å²) in [7, 11) is 0. The van der Waals surface area contributed by atoms with Gasteiger partial charge in [-0.05, 0) is 98.9 Å². The molecule has 4 rings (SSSR count). The molecule has 40 nitrogen and oxygen atoms in total. The highest BCUT2D eigenvalue weighted by Gasteiger charge is 2.42. The van der Waals surface area contributed by atoms with Crippen LogP contribution >= 0.6 is 25.3 Å². The van der Waals surface area contributed by atoms with Gasteiger partial charge in [0.1, 0.15) is 78.3 Å². The number of aliphatic hydroxyl groups is 1. The number of aromatic nitrogens is 2. The lowest BCUT2D eigenvalue weighted by Gasteiger charge is -2.30. The van der Waals surface area contributed by atoms with Crippen LogP contribution in [0.15, 0.2) is 67.1 Å². The zero-order valence-electron chi connectivity index (χ0n) is 64.8. The van der Waals surface area contributed by atoms with Crippen LogP contribution in [0.4, 0.5) is 0 Å². The molecule has 0 aliphatic carbocycles. The predicted octanol–water partition coefficient (Wildman–Crippen LogP) is -5.81. The van der Waals surface area contributed by atoms with Gasteiger partial charge in [0.15, 0.2) is 0 Å². The molecule has 15 amide bonds. The summed E-state index contributed by atoms with van der Waals surface area (Å²) in [4.78, 5) is 237. The van der Waals surface area contributed by atoms with Gasteiger partial charge in [-0.1, -0.05) is 84.0 Å². The van der Waals surface area contributed by atoms with Crippen molar-refractivity contribution in [2.24, 2.45) is 35.0 Å². The topological polar surface area (TPSA) is 637 Å². The van der Waals surface area contributed by atoms with E-state index in [0.717, 1.165) is 10.5 Å². The van der Waals surface area contributed by atoms with Crippen LogP contribution in [0.2, 0.25) is 0 Å². The number of hydrogen-bond donors (Lipinski definition) is 23. The first kappa shape index (κ1) is 96.4. The summed E-state index contributed by atoms with van der Waals surface area (Å²) in [6.45, 7) is 7.59. The van der Waals surface area contributed by atoms with Crippen molar-refractivity contribution in [3.8, 4) is 5.75 Å². The molecule has 115 heavy (non-hydrogen) atoms. The number of primary amides is 1. The number of carbonyl (C=O) groups is 17. The minimum Gasteiger partial charge on any atom is -0.508 e. The van der Waals surface area contributed by atoms with E-state index in [1.54, 1.807) is 39.8 Å². The smallest absolute Gasteiger partial charge is 0.326 e. The molecule has 1 saturated heterocycles. The highest BCUT2D eigenvalue weighted by molar-refractivity contribution is 7.80. The van der Waals surface area contributed by atoms with Gasteiger partial charge in [-0.15, -0.1) is 0 Å². The van der Waals surface area contributed by atoms with E-state index < -0.39 is 223 Å². The van der Waals surface area contributed by atoms with Crippen molar-refractivity contribution in [2.45, 2.75) is 197 Å². The zero-order chi connectivity index (χ0) is 85.8. The van der Waals surface area contributed by atoms with Gasteiger partial charge in [0.2, 0.25) is 88.6 Å². The molecule has 2 heterocycles. The first-order valence-corrected chi connectivity index (χ1v) is 38.6. The summed E-state index contributed by atoms with van der Waals surface area (Å²) in [5.74, 6) is -19.5. The lowest BCUT2D eigenvalue weighted by molar-refractivity contribution is -0.143. The Balaban J connectivity index is 1.39. The number of thiol groups is 2. The van der Waals surface area contributed by atoms with Crippen LogP contribution in [0.1, 0.15) is 116 Å². The zero-order valence-corrected chi connectivity index (χ0v) is 66.6. The van der Waals surface area contributed by atoms with E-state index >= 15 is 0 Å². The highest BCUT2D eigenvalue weighted by Crippen LogP contribution is 2.21. The number of amides is 15. The summed E-state index contributed by atoms with van der Waals surface area (Å²) in [5.41, 5.74) is 18.9. The monoisotopic (exact) mass is 1650 g/mol. The second kappa shape index (κ2) is 48.9. The number of H-pyrrole nitrogens is 1. The van der Waals surface area contributed by atoms with E-state index in [1.807, 2.05) is 32.0 Å². The summed E-state index contributed by atoms with van der Waals surface area (Å²) in [6, 6.07) is -4.73. The fourth-order valence-electron chi connectivity index (χ4n) is 11.9. The second-order valence-electron chi connectivity index (χ2n) is 28.7. The Hall–Kier alpha value is -11.0. The van der Waals surface area contributed by atoms with Gasteiger partial charge in [0.25, 0.3) is 0 Å². The molecule has 1 aliphatic rings. The first-order chi connectivity index (χ1) is 54.4. The third-order valence-corrected chi connectivity index (χ3v) is 18.7. The van der Waals surface area contributed by atoms with Gasteiger partial charge in [-0.3, -0.25) is 76.7 Å². The molecular weight excluding hydrogens is 1540 g/mol. The number of phenols is 1. The number of imidazole rings is 1. The van der Waals surface area contributed by atoms with E-state index in [9.17, 15) is 102 Å². The molecule has 0 spiro atoms. The van der Waals surface area contributed by atoms with E-state index in [0.29, 0.717) is 17.7 Å². The number of likely N-dealkylation sites (tertiary alicyclic amines) is 1. The molecule has 634 valence electrons. The number of aromatic hydroxyl groups is 1. The molecule has 1 fully saturated rings. The molecule has 13 atom stereocenters. The van der Waals surface area contributed by atoms with Gasteiger partial charge in [0, 0.05) is 42.8 Å². The molecule has 42 heteroatoms. The minimum absolute atomic E-state index is 0.0224. The number of aromatic amines is 1. The fraction of sp³-hybridized carbons (Fsp3) is 0.562. The van der Waals surface area contributed by atoms with Gasteiger partial charge >= 0.3 is 11.9 Å². The minimum atomic E-state index is -2.00. The summed E-state index contributed by atoms with van der Waals surface area (Å²) in [5, 5.41) is 71.2. The first-order valence-electron chi connectivity index (χ1n) is 37.4. The number of nitrogens with zero attached hydrogens (tertiary/aromatic N) is 2. The van der Waals surface area contributed by atoms with Crippen LogP contribution in [-0.4, -0.2) is 259 Å². The Morgan fingerprint density at radius 3 is 1.56 bits per heavy atom. The molecule has 2 aromatic carbocycles. The number of benzene rings is 2. The molecule has 1 aromatic heterocycles. The van der Waals surface area contributed by atoms with Gasteiger partial charge in [-0.2, -0.15) is 25.3 Å². The number of aliphatic hydroxyl groups excluding tert-OH is 1. The number of unbranched alkanes of at least 4 members (excludes halogenated alkanes) is 1. The maximum absolute atomic E-state index is 14.6. The van der Waals surface area contributed by atoms with Crippen molar-refractivity contribution >= 4 is 126 Å². The predicted molar refractivity (Wildman–Crippen MR) is 419 cm³/mol. The van der Waals surface area contributed by atoms with Crippen LogP contribution < -0.4 is 86.3 Å². The molecule has 0 radical (unpaired) electrons. The second-order valence-corrected chi connectivity index (χ2v) is 29.5. The van der Waals surface area contributed by atoms with E-state index in [2.05, 4.69) is 104 Å². The number of phenolic OH excluding ortho intramolecular Hbond substituents is 1. The number of carbonyl (C=O) groups excluding carboxylic acids is 15. The van der Waals surface area contributed by atoms with Crippen molar-refractivity contribution in [2.75, 3.05) is 44.3 Å². The number of aliphatic carboxylic acids is 2. The molecule has 1 aliphatic heterocycles. The molecule has 0 unspecified atom stereocenters. The van der Waals surface area contributed by atoms with Crippen LogP contribution in [0.3, 0.4) is 0 Å². The Kier molecular flexibility index (Phi) is 41.0. The lowest BCUT2D eigenvalue weighted by Crippen LogP contribution is -2.60. The third-order valence-electron chi connectivity index (χ3n) is 17.9. The van der Waals surface area contributed by atoms with E-state index in [-0.39, 0.29) is 94.2 Å². The standard InChI is InChI=1S/C73H109N19O21S2/c1-37(2)23-46(64(103)88-51(73(112)113)26-41-17-19-43(94)20-18-41)84-65(104)48(28-56(76)95)85-69(108)54(35-115)90-63(102)45(15-10-11-21-74)81-57(96)31-78-62(101)49(29-59(98)99)86-67(106)52(33-93)89-70(109)55-16-12-22-92(55)72(111)50(27-42-30-77-36-80-42)87-68(107)53(34-114)82-58(97)32-79-71(110)60(39(5)6)91-66(105)47(24-38(3)4)83-61(100)44(75)25-40-13-8-7-9-14-40/h7-9,13-14,17-20,30,36-39,44-55,60,93-94,114-115H,10-12,15-16,21-29,31-35,74-75H2,1-6H3,(H2,76,95)(H,77,80)(H,78,101)(H,79,110)(H,81,96)(H,82,97)(H,83,100)(H,84,104)(H,85,108)(H,86,106)(H,87,107)(H,88,103)(H,89,109)(H,90,102)(H,91,105)(H,98,99)(H,112,113)/t44-,45-,46-,47-,48-,49-,50-,51-,52-,53-,54-,55-,60-/m0/s1. The maximum atomic E-state index is 14.6. The van der Waals surface area contributed by atoms with Crippen LogP contribution in [0.5, 0.6) is 5.75 Å². The number of carboxylic acid groups (broad SMARTS) is 2. The molecule has 3 aromatic rings. The molecule has 24 N–H and O–H groups in total. The van der Waals surface area contributed by atoms with E-state index in [4.69, 9.17) is 17.2 Å². The number of carboxylic acids is 2. The average Bonchev–Trinajstić information content (AvgIpc) is 1.70. The van der Waals surface area contributed by atoms with Crippen molar-refractivity contribution in [1.82, 2.24) is 84.0 Å². The normalized spacial score (nSPS) is 15.6. The maximum Gasteiger partial charge on any atom is 0.326 e. The Morgan fingerprint density at radius 1 is 0.539 bits per heavy atom. The molecular formula is C73H109N19O21S2. The van der Waals surface area contributed by atoms with Crippen molar-refractivity contribution < 1.29 is 102 Å². The van der Waals surface area contributed by atoms with Crippen LogP contribution in [0, 0.1) is 17.8 Å².